The Morgan fingerprint density at radius 2 is 1.75 bits per heavy atom. The number of hydrogen-bond donors (Lipinski definition) is 1. The zero-order chi connectivity index (χ0) is 25.2. The molecule has 2 heterocycles. The van der Waals surface area contributed by atoms with E-state index in [0.717, 1.165) is 49.5 Å². The molecule has 36 heavy (non-hydrogen) atoms. The highest BCUT2D eigenvalue weighted by Gasteiger charge is 2.14. The molecule has 190 valence electrons. The number of morpholine rings is 1. The Morgan fingerprint density at radius 1 is 0.972 bits per heavy atom. The van der Waals surface area contributed by atoms with E-state index >= 15 is 0 Å². The molecular weight excluding hydrogens is 462 g/mol. The van der Waals surface area contributed by atoms with Crippen molar-refractivity contribution in [1.82, 2.24) is 10.2 Å². The lowest BCUT2D eigenvalue weighted by Gasteiger charge is -2.26. The van der Waals surface area contributed by atoms with Gasteiger partial charge >= 0.3 is 12.0 Å². The maximum atomic E-state index is 12.2. The molecule has 3 aromatic rings. The third-order valence-corrected chi connectivity index (χ3v) is 5.87. The van der Waals surface area contributed by atoms with Crippen LogP contribution in [0.25, 0.3) is 11.1 Å². The van der Waals surface area contributed by atoms with Gasteiger partial charge in [0, 0.05) is 37.3 Å². The van der Waals surface area contributed by atoms with Crippen LogP contribution in [0, 0.1) is 0 Å². The number of H-pyrrole nitrogens is 1. The van der Waals surface area contributed by atoms with E-state index in [4.69, 9.17) is 23.7 Å². The Kier molecular flexibility index (Phi) is 8.96. The van der Waals surface area contributed by atoms with E-state index in [2.05, 4.69) is 15.2 Å². The highest BCUT2D eigenvalue weighted by molar-refractivity contribution is 5.70. The Balaban J connectivity index is 1.31. The summed E-state index contributed by atoms with van der Waals surface area (Å²) in [6.45, 7) is 5.12. The van der Waals surface area contributed by atoms with Crippen molar-refractivity contribution in [2.75, 3.05) is 53.7 Å². The number of aromatic nitrogens is 1. The molecule has 0 aliphatic carbocycles. The van der Waals surface area contributed by atoms with Crippen LogP contribution in [-0.2, 0) is 11.3 Å². The van der Waals surface area contributed by atoms with Crippen molar-refractivity contribution in [2.45, 2.75) is 6.54 Å². The van der Waals surface area contributed by atoms with Gasteiger partial charge in [0.2, 0.25) is 0 Å². The number of ether oxygens (including phenoxy) is 5. The minimum Gasteiger partial charge on any atom is -0.496 e. The number of carbonyl (C=O) groups is 1. The second-order valence-electron chi connectivity index (χ2n) is 8.16. The highest BCUT2D eigenvalue weighted by Crippen LogP contribution is 2.32. The van der Waals surface area contributed by atoms with Gasteiger partial charge in [-0.2, -0.15) is 4.98 Å². The third-order valence-electron chi connectivity index (χ3n) is 5.87. The first-order chi connectivity index (χ1) is 17.7. The van der Waals surface area contributed by atoms with Crippen LogP contribution in [0.5, 0.6) is 23.1 Å². The van der Waals surface area contributed by atoms with Crippen LogP contribution < -0.4 is 29.2 Å². The van der Waals surface area contributed by atoms with Crippen LogP contribution in [0.1, 0.15) is 5.56 Å². The standard InChI is InChI=1S/C27H31N3O6/c1-32-23-6-4-3-5-22(23)19-29-27(31)36-26-10-8-21(18-28-26)20-7-9-24(25(17-20)33-2)35-16-13-30-11-14-34-15-12-30/h3-10,17-18H,11-16,19H2,1-2H3,(H,29,31)/p+1. The third kappa shape index (κ3) is 6.87. The Morgan fingerprint density at radius 3 is 2.50 bits per heavy atom. The quantitative estimate of drug-likeness (QED) is 0.463. The molecule has 0 bridgehead atoms. The molecule has 1 aromatic heterocycles. The van der Waals surface area contributed by atoms with Crippen LogP contribution in [0.2, 0.25) is 0 Å². The normalized spacial score (nSPS) is 13.6. The fourth-order valence-corrected chi connectivity index (χ4v) is 3.88. The molecule has 1 aliphatic heterocycles. The molecule has 0 spiro atoms. The number of pyridine rings is 1. The van der Waals surface area contributed by atoms with Crippen LogP contribution in [0.3, 0.4) is 0 Å². The molecule has 1 fully saturated rings. The number of rotatable bonds is 10. The molecule has 2 aromatic carbocycles. The monoisotopic (exact) mass is 494 g/mol. The average molecular weight is 495 g/mol. The number of carbonyl (C=O) groups excluding carboxylic acids is 1. The molecule has 4 rings (SSSR count). The Bertz CT molecular complexity index is 1130. The van der Waals surface area contributed by atoms with E-state index in [1.807, 2.05) is 48.5 Å². The van der Waals surface area contributed by atoms with Crippen LogP contribution in [-0.4, -0.2) is 64.7 Å². The van der Waals surface area contributed by atoms with Gasteiger partial charge < -0.3 is 29.0 Å². The minimum absolute atomic E-state index is 0.293. The summed E-state index contributed by atoms with van der Waals surface area (Å²) in [5, 5.41) is 2.73. The SMILES string of the molecule is COc1ccccc1CNC(=O)Oc1ccc(-c2ccc(OCCN3CCOCC3)c(OC)c2)c[nH+]1. The molecule has 9 heteroatoms. The summed E-state index contributed by atoms with van der Waals surface area (Å²) >= 11 is 0. The van der Waals surface area contributed by atoms with Crippen molar-refractivity contribution < 1.29 is 33.5 Å². The van der Waals surface area contributed by atoms with Gasteiger partial charge in [-0.25, -0.2) is 4.79 Å². The van der Waals surface area contributed by atoms with E-state index < -0.39 is 6.09 Å². The van der Waals surface area contributed by atoms with Gasteiger partial charge in [-0.15, -0.1) is 0 Å². The smallest absolute Gasteiger partial charge is 0.417 e. The van der Waals surface area contributed by atoms with Gasteiger partial charge in [-0.3, -0.25) is 4.90 Å². The van der Waals surface area contributed by atoms with Crippen molar-refractivity contribution in [1.29, 1.82) is 0 Å². The largest absolute Gasteiger partial charge is 0.496 e. The summed E-state index contributed by atoms with van der Waals surface area (Å²) in [4.78, 5) is 17.6. The maximum Gasteiger partial charge on any atom is 0.417 e. The van der Waals surface area contributed by atoms with Gasteiger partial charge in [0.15, 0.2) is 17.7 Å². The Hall–Kier alpha value is -3.82. The lowest BCUT2D eigenvalue weighted by molar-refractivity contribution is -0.389. The highest BCUT2D eigenvalue weighted by atomic mass is 16.6. The molecule has 1 aliphatic rings. The number of benzene rings is 2. The number of amides is 1. The average Bonchev–Trinajstić information content (AvgIpc) is 2.93. The fourth-order valence-electron chi connectivity index (χ4n) is 3.88. The molecule has 0 atom stereocenters. The zero-order valence-corrected chi connectivity index (χ0v) is 20.6. The van der Waals surface area contributed by atoms with Crippen molar-refractivity contribution in [2.24, 2.45) is 0 Å². The number of nitrogens with zero attached hydrogens (tertiary/aromatic N) is 1. The van der Waals surface area contributed by atoms with E-state index in [0.29, 0.717) is 36.3 Å². The maximum absolute atomic E-state index is 12.2. The summed E-state index contributed by atoms with van der Waals surface area (Å²) < 4.78 is 27.6. The predicted molar refractivity (Wildman–Crippen MR) is 134 cm³/mol. The summed E-state index contributed by atoms with van der Waals surface area (Å²) in [6.07, 6.45) is 1.21. The summed E-state index contributed by atoms with van der Waals surface area (Å²) in [6, 6.07) is 16.9. The number of para-hydroxylation sites is 1. The number of methoxy groups -OCH3 is 2. The predicted octanol–water partition coefficient (Wildman–Crippen LogP) is 3.18. The first-order valence-electron chi connectivity index (χ1n) is 11.9. The van der Waals surface area contributed by atoms with Crippen LogP contribution >= 0.6 is 0 Å². The van der Waals surface area contributed by atoms with E-state index in [-0.39, 0.29) is 0 Å². The summed E-state index contributed by atoms with van der Waals surface area (Å²) in [7, 11) is 3.22. The molecular formula is C27H32N3O6+. The van der Waals surface area contributed by atoms with Gasteiger partial charge in [-0.1, -0.05) is 24.3 Å². The van der Waals surface area contributed by atoms with Gasteiger partial charge in [0.1, 0.15) is 12.4 Å². The van der Waals surface area contributed by atoms with Gasteiger partial charge in [0.05, 0.1) is 33.5 Å². The molecule has 9 nitrogen and oxygen atoms in total. The number of hydrogen-bond acceptors (Lipinski definition) is 7. The summed E-state index contributed by atoms with van der Waals surface area (Å²) in [5.74, 6) is 2.39. The fraction of sp³-hybridized carbons (Fsp3) is 0.333. The van der Waals surface area contributed by atoms with E-state index in [1.165, 1.54) is 0 Å². The van der Waals surface area contributed by atoms with Crippen molar-refractivity contribution in [3.63, 3.8) is 0 Å². The van der Waals surface area contributed by atoms with Crippen molar-refractivity contribution in [3.8, 4) is 34.3 Å². The van der Waals surface area contributed by atoms with Gasteiger partial charge in [-0.05, 0) is 29.8 Å². The van der Waals surface area contributed by atoms with Crippen molar-refractivity contribution >= 4 is 6.09 Å². The topological polar surface area (TPSA) is 92.6 Å². The number of aromatic amines is 1. The molecule has 2 N–H and O–H groups in total. The minimum atomic E-state index is -0.565. The molecule has 1 saturated heterocycles. The molecule has 0 saturated carbocycles. The van der Waals surface area contributed by atoms with Crippen LogP contribution in [0.4, 0.5) is 4.79 Å². The lowest BCUT2D eigenvalue weighted by Crippen LogP contribution is -2.38. The van der Waals surface area contributed by atoms with E-state index in [1.54, 1.807) is 26.5 Å². The molecule has 1 amide bonds. The van der Waals surface area contributed by atoms with Crippen molar-refractivity contribution in [3.05, 3.63) is 66.4 Å². The first-order valence-corrected chi connectivity index (χ1v) is 11.9. The second-order valence-corrected chi connectivity index (χ2v) is 8.16. The zero-order valence-electron chi connectivity index (χ0n) is 20.6. The van der Waals surface area contributed by atoms with Gasteiger partial charge in [0.25, 0.3) is 0 Å². The lowest BCUT2D eigenvalue weighted by atomic mass is 10.1. The molecule has 0 unspecified atom stereocenters. The number of nitrogens with one attached hydrogen (secondary N) is 2. The molecule has 0 radical (unpaired) electrons. The summed E-state index contributed by atoms with van der Waals surface area (Å²) in [5.41, 5.74) is 2.71. The Labute approximate surface area is 210 Å². The first kappa shape index (κ1) is 25.3. The van der Waals surface area contributed by atoms with E-state index in [9.17, 15) is 4.79 Å². The second kappa shape index (κ2) is 12.8. The van der Waals surface area contributed by atoms with Crippen LogP contribution in [0.15, 0.2) is 60.8 Å².